The van der Waals surface area contributed by atoms with Crippen LogP contribution in [0.2, 0.25) is 0 Å². The van der Waals surface area contributed by atoms with Gasteiger partial charge in [-0.1, -0.05) is 40.8 Å². The van der Waals surface area contributed by atoms with E-state index in [0.717, 1.165) is 24.5 Å². The Bertz CT molecular complexity index is 353. The van der Waals surface area contributed by atoms with Crippen LogP contribution in [0.15, 0.2) is 24.3 Å². The molecule has 0 bridgehead atoms. The Morgan fingerprint density at radius 3 is 2.40 bits per heavy atom. The number of benzene rings is 1. The molecule has 0 N–H and O–H groups in total. The predicted octanol–water partition coefficient (Wildman–Crippen LogP) is 4.39. The van der Waals surface area contributed by atoms with Gasteiger partial charge in [-0.15, -0.1) is 0 Å². The van der Waals surface area contributed by atoms with Crippen molar-refractivity contribution in [1.29, 1.82) is 0 Å². The highest BCUT2D eigenvalue weighted by Crippen LogP contribution is 2.42. The van der Waals surface area contributed by atoms with Crippen LogP contribution in [0.4, 0.5) is 13.2 Å². The zero-order valence-corrected chi connectivity index (χ0v) is 10.0. The van der Waals surface area contributed by atoms with Crippen LogP contribution in [-0.4, -0.2) is 3.92 Å². The third kappa shape index (κ3) is 2.46. The van der Waals surface area contributed by atoms with Gasteiger partial charge in [0.15, 0.2) is 0 Å². The molecule has 1 aromatic rings. The average Bonchev–Trinajstić information content (AvgIpc) is 2.12. The first-order valence-corrected chi connectivity index (χ1v) is 6.02. The van der Waals surface area contributed by atoms with E-state index in [0.29, 0.717) is 9.84 Å². The summed E-state index contributed by atoms with van der Waals surface area (Å²) >= 11 is 2.34. The summed E-state index contributed by atoms with van der Waals surface area (Å²) in [6, 6.07) is 5.71. The van der Waals surface area contributed by atoms with Gasteiger partial charge in [0.2, 0.25) is 0 Å². The Morgan fingerprint density at radius 2 is 1.87 bits per heavy atom. The Labute approximate surface area is 100 Å². The van der Waals surface area contributed by atoms with E-state index in [1.54, 1.807) is 6.07 Å². The maximum Gasteiger partial charge on any atom is 0.416 e. The first-order valence-electron chi connectivity index (χ1n) is 4.78. The molecule has 0 unspecified atom stereocenters. The summed E-state index contributed by atoms with van der Waals surface area (Å²) in [7, 11) is 0. The molecule has 0 heterocycles. The second-order valence-electron chi connectivity index (χ2n) is 3.89. The van der Waals surface area contributed by atoms with E-state index in [9.17, 15) is 13.2 Å². The van der Waals surface area contributed by atoms with Gasteiger partial charge in [-0.2, -0.15) is 13.2 Å². The molecule has 0 atom stereocenters. The lowest BCUT2D eigenvalue weighted by molar-refractivity contribution is -0.137. The standard InChI is InChI=1S/C11H10F3I/c12-11(13,14)9-3-1-2-7(4-9)8-5-10(15)6-8/h1-4,8,10H,5-6H2. The molecule has 0 saturated heterocycles. The fourth-order valence-corrected chi connectivity index (χ4v) is 3.02. The monoisotopic (exact) mass is 326 g/mol. The molecule has 15 heavy (non-hydrogen) atoms. The van der Waals surface area contributed by atoms with E-state index >= 15 is 0 Å². The number of rotatable bonds is 1. The van der Waals surface area contributed by atoms with Crippen LogP contribution in [0.5, 0.6) is 0 Å². The molecule has 0 radical (unpaired) electrons. The van der Waals surface area contributed by atoms with Crippen LogP contribution >= 0.6 is 22.6 Å². The highest BCUT2D eigenvalue weighted by molar-refractivity contribution is 14.1. The van der Waals surface area contributed by atoms with Crippen LogP contribution < -0.4 is 0 Å². The molecule has 1 aliphatic rings. The Kier molecular flexibility index (Phi) is 2.96. The molecule has 0 aromatic heterocycles. The third-order valence-electron chi connectivity index (χ3n) is 2.77. The van der Waals surface area contributed by atoms with Crippen molar-refractivity contribution in [2.75, 3.05) is 0 Å². The highest BCUT2D eigenvalue weighted by Gasteiger charge is 2.33. The van der Waals surface area contributed by atoms with Crippen LogP contribution in [0.1, 0.15) is 29.9 Å². The van der Waals surface area contributed by atoms with E-state index < -0.39 is 11.7 Å². The quantitative estimate of drug-likeness (QED) is 0.530. The fraction of sp³-hybridized carbons (Fsp3) is 0.455. The molecule has 0 aliphatic heterocycles. The van der Waals surface area contributed by atoms with Crippen molar-refractivity contribution in [2.45, 2.75) is 28.9 Å². The number of halogens is 4. The van der Waals surface area contributed by atoms with Crippen molar-refractivity contribution < 1.29 is 13.2 Å². The minimum atomic E-state index is -4.22. The number of hydrogen-bond donors (Lipinski definition) is 0. The molecule has 2 rings (SSSR count). The molecule has 82 valence electrons. The van der Waals surface area contributed by atoms with Crippen LogP contribution in [0.25, 0.3) is 0 Å². The average molecular weight is 326 g/mol. The van der Waals surface area contributed by atoms with Crippen molar-refractivity contribution >= 4 is 22.6 Å². The van der Waals surface area contributed by atoms with Crippen molar-refractivity contribution in [3.05, 3.63) is 35.4 Å². The van der Waals surface area contributed by atoms with Gasteiger partial charge in [0.05, 0.1) is 5.56 Å². The third-order valence-corrected chi connectivity index (χ3v) is 3.78. The van der Waals surface area contributed by atoms with Gasteiger partial charge in [-0.3, -0.25) is 0 Å². The second-order valence-corrected chi connectivity index (χ2v) is 5.65. The van der Waals surface area contributed by atoms with Crippen LogP contribution in [0, 0.1) is 0 Å². The van der Waals surface area contributed by atoms with Gasteiger partial charge in [-0.05, 0) is 30.4 Å². The molecule has 0 amide bonds. The molecular formula is C11H10F3I. The Hall–Kier alpha value is -0.260. The van der Waals surface area contributed by atoms with Crippen LogP contribution in [0.3, 0.4) is 0 Å². The van der Waals surface area contributed by atoms with Crippen LogP contribution in [-0.2, 0) is 6.18 Å². The minimum absolute atomic E-state index is 0.328. The molecule has 0 nitrogen and oxygen atoms in total. The smallest absolute Gasteiger partial charge is 0.166 e. The molecule has 0 spiro atoms. The lowest BCUT2D eigenvalue weighted by atomic mass is 9.79. The minimum Gasteiger partial charge on any atom is -0.166 e. The van der Waals surface area contributed by atoms with Gasteiger partial charge in [0, 0.05) is 3.92 Å². The predicted molar refractivity (Wildman–Crippen MR) is 61.2 cm³/mol. The van der Waals surface area contributed by atoms with Gasteiger partial charge in [0.25, 0.3) is 0 Å². The molecule has 4 heteroatoms. The van der Waals surface area contributed by atoms with Crippen molar-refractivity contribution in [3.8, 4) is 0 Å². The normalized spacial score (nSPS) is 26.1. The summed E-state index contributed by atoms with van der Waals surface area (Å²) in [4.78, 5) is 0. The first-order chi connectivity index (χ1) is 6.97. The largest absolute Gasteiger partial charge is 0.416 e. The van der Waals surface area contributed by atoms with E-state index in [1.165, 1.54) is 12.1 Å². The van der Waals surface area contributed by atoms with Crippen molar-refractivity contribution in [2.24, 2.45) is 0 Å². The van der Waals surface area contributed by atoms with Gasteiger partial charge < -0.3 is 0 Å². The Balaban J connectivity index is 2.20. The second kappa shape index (κ2) is 3.96. The Morgan fingerprint density at radius 1 is 1.20 bits per heavy atom. The zero-order valence-electron chi connectivity index (χ0n) is 7.89. The summed E-state index contributed by atoms with van der Waals surface area (Å²) < 4.78 is 37.9. The molecule has 1 aliphatic carbocycles. The molecule has 1 fully saturated rings. The highest BCUT2D eigenvalue weighted by atomic mass is 127. The van der Waals surface area contributed by atoms with E-state index in [2.05, 4.69) is 22.6 Å². The lowest BCUT2D eigenvalue weighted by Crippen LogP contribution is -2.21. The lowest BCUT2D eigenvalue weighted by Gasteiger charge is -2.32. The van der Waals surface area contributed by atoms with Gasteiger partial charge in [-0.25, -0.2) is 0 Å². The molecular weight excluding hydrogens is 316 g/mol. The topological polar surface area (TPSA) is 0 Å². The summed E-state index contributed by atoms with van der Waals surface area (Å²) in [5.74, 6) is 0.328. The number of hydrogen-bond acceptors (Lipinski definition) is 0. The maximum absolute atomic E-state index is 12.4. The van der Waals surface area contributed by atoms with Crippen molar-refractivity contribution in [3.63, 3.8) is 0 Å². The first kappa shape index (κ1) is 11.2. The zero-order chi connectivity index (χ0) is 11.1. The van der Waals surface area contributed by atoms with E-state index in [4.69, 9.17) is 0 Å². The van der Waals surface area contributed by atoms with E-state index in [-0.39, 0.29) is 0 Å². The van der Waals surface area contributed by atoms with E-state index in [1.807, 2.05) is 0 Å². The van der Waals surface area contributed by atoms with Crippen molar-refractivity contribution in [1.82, 2.24) is 0 Å². The molecule has 1 aromatic carbocycles. The van der Waals surface area contributed by atoms with Gasteiger partial charge >= 0.3 is 6.18 Å². The summed E-state index contributed by atoms with van der Waals surface area (Å²) in [6.45, 7) is 0. The number of alkyl halides is 4. The summed E-state index contributed by atoms with van der Waals surface area (Å²) in [6.07, 6.45) is -2.22. The summed E-state index contributed by atoms with van der Waals surface area (Å²) in [5.41, 5.74) is 0.301. The molecule has 1 saturated carbocycles. The maximum atomic E-state index is 12.4. The fourth-order valence-electron chi connectivity index (χ4n) is 1.79. The van der Waals surface area contributed by atoms with Gasteiger partial charge in [0.1, 0.15) is 0 Å². The summed E-state index contributed by atoms with van der Waals surface area (Å²) in [5, 5.41) is 0. The SMILES string of the molecule is FC(F)(F)c1cccc(C2CC(I)C2)c1.